The molecule has 1 aromatic heterocycles. The number of rotatable bonds is 13. The molecule has 1 atom stereocenters. The average molecular weight is 514 g/mol. The fourth-order valence-corrected chi connectivity index (χ4v) is 4.31. The zero-order chi connectivity index (χ0) is 26.7. The Bertz CT molecular complexity index is 1400. The molecule has 0 aliphatic rings. The van der Waals surface area contributed by atoms with Gasteiger partial charge in [-0.15, -0.1) is 0 Å². The molecule has 0 amide bonds. The van der Waals surface area contributed by atoms with Gasteiger partial charge in [0.2, 0.25) is 0 Å². The summed E-state index contributed by atoms with van der Waals surface area (Å²) in [5, 5.41) is 3.79. The molecule has 0 bridgehead atoms. The predicted molar refractivity (Wildman–Crippen MR) is 151 cm³/mol. The van der Waals surface area contributed by atoms with Crippen molar-refractivity contribution in [2.75, 3.05) is 19.7 Å². The summed E-state index contributed by atoms with van der Waals surface area (Å²) in [6.07, 6.45) is 2.76. The second-order valence-electron chi connectivity index (χ2n) is 9.37. The molecule has 4 rings (SSSR count). The summed E-state index contributed by atoms with van der Waals surface area (Å²) >= 11 is 0. The van der Waals surface area contributed by atoms with Crippen LogP contribution in [0.1, 0.15) is 37.8 Å². The SMILES string of the molecule is CCCNCC(COc1ccc2c(=O)cc(-c3ccccc3)oc2c1)OC(=O)Cc1cccc(CCC)c1. The van der Waals surface area contributed by atoms with E-state index in [0.717, 1.165) is 36.9 Å². The normalized spacial score (nSPS) is 11.8. The standard InChI is InChI=1S/C32H35NO5/c1-3-9-23-10-8-11-24(17-23)18-32(35)37-27(21-33-16-4-2)22-36-26-14-15-28-29(34)20-30(38-31(28)19-26)25-12-6-5-7-13-25/h5-8,10-15,17,19-20,27,33H,3-4,9,16,18,21-22H2,1-2H3. The average Bonchev–Trinajstić information content (AvgIpc) is 2.92. The van der Waals surface area contributed by atoms with E-state index in [1.807, 2.05) is 42.5 Å². The number of carbonyl (C=O) groups is 1. The van der Waals surface area contributed by atoms with Crippen molar-refractivity contribution in [1.29, 1.82) is 0 Å². The summed E-state index contributed by atoms with van der Waals surface area (Å²) in [5.74, 6) is 0.746. The minimum atomic E-state index is -0.466. The second kappa shape index (κ2) is 13.6. The molecular formula is C32H35NO5. The van der Waals surface area contributed by atoms with E-state index >= 15 is 0 Å². The van der Waals surface area contributed by atoms with Gasteiger partial charge in [0.15, 0.2) is 5.43 Å². The number of benzene rings is 3. The van der Waals surface area contributed by atoms with Crippen molar-refractivity contribution in [3.63, 3.8) is 0 Å². The summed E-state index contributed by atoms with van der Waals surface area (Å²) in [6.45, 7) is 5.69. The first-order chi connectivity index (χ1) is 18.6. The van der Waals surface area contributed by atoms with E-state index in [-0.39, 0.29) is 24.4 Å². The van der Waals surface area contributed by atoms with Crippen molar-refractivity contribution < 1.29 is 18.7 Å². The molecule has 38 heavy (non-hydrogen) atoms. The van der Waals surface area contributed by atoms with E-state index in [2.05, 4.69) is 31.3 Å². The number of esters is 1. The highest BCUT2D eigenvalue weighted by atomic mass is 16.6. The highest BCUT2D eigenvalue weighted by Gasteiger charge is 2.17. The molecule has 0 aliphatic carbocycles. The Morgan fingerprint density at radius 3 is 2.53 bits per heavy atom. The molecular weight excluding hydrogens is 478 g/mol. The lowest BCUT2D eigenvalue weighted by atomic mass is 10.1. The second-order valence-corrected chi connectivity index (χ2v) is 9.37. The van der Waals surface area contributed by atoms with Crippen molar-refractivity contribution in [2.45, 2.75) is 45.6 Å². The number of fused-ring (bicyclic) bond motifs is 1. The number of ether oxygens (including phenoxy) is 2. The van der Waals surface area contributed by atoms with Gasteiger partial charge < -0.3 is 19.2 Å². The number of nitrogens with one attached hydrogen (secondary N) is 1. The molecule has 1 heterocycles. The van der Waals surface area contributed by atoms with E-state index < -0.39 is 6.10 Å². The van der Waals surface area contributed by atoms with Crippen LogP contribution in [0.25, 0.3) is 22.3 Å². The van der Waals surface area contributed by atoms with Crippen molar-refractivity contribution in [3.8, 4) is 17.1 Å². The van der Waals surface area contributed by atoms with Crippen LogP contribution in [-0.4, -0.2) is 31.8 Å². The van der Waals surface area contributed by atoms with E-state index in [4.69, 9.17) is 13.9 Å². The van der Waals surface area contributed by atoms with Crippen molar-refractivity contribution >= 4 is 16.9 Å². The minimum absolute atomic E-state index is 0.116. The maximum atomic E-state index is 12.8. The molecule has 0 saturated heterocycles. The Morgan fingerprint density at radius 2 is 1.74 bits per heavy atom. The van der Waals surface area contributed by atoms with Crippen LogP contribution >= 0.6 is 0 Å². The Hall–Kier alpha value is -3.90. The molecule has 6 heteroatoms. The van der Waals surface area contributed by atoms with Crippen LogP contribution in [0.4, 0.5) is 0 Å². The molecule has 0 saturated carbocycles. The third kappa shape index (κ3) is 7.56. The summed E-state index contributed by atoms with van der Waals surface area (Å²) in [5.41, 5.74) is 3.32. The van der Waals surface area contributed by atoms with Crippen LogP contribution in [0.3, 0.4) is 0 Å². The lowest BCUT2D eigenvalue weighted by Gasteiger charge is -2.19. The monoisotopic (exact) mass is 513 g/mol. The van der Waals surface area contributed by atoms with E-state index in [1.165, 1.54) is 11.6 Å². The van der Waals surface area contributed by atoms with Gasteiger partial charge in [0.05, 0.1) is 11.8 Å². The number of hydrogen-bond acceptors (Lipinski definition) is 6. The Labute approximate surface area is 223 Å². The quantitative estimate of drug-likeness (QED) is 0.176. The smallest absolute Gasteiger partial charge is 0.310 e. The summed E-state index contributed by atoms with van der Waals surface area (Å²) < 4.78 is 17.9. The lowest BCUT2D eigenvalue weighted by molar-refractivity contribution is -0.149. The van der Waals surface area contributed by atoms with Gasteiger partial charge in [-0.2, -0.15) is 0 Å². The maximum absolute atomic E-state index is 12.8. The Morgan fingerprint density at radius 1 is 0.921 bits per heavy atom. The first-order valence-electron chi connectivity index (χ1n) is 13.3. The lowest BCUT2D eigenvalue weighted by Crippen LogP contribution is -2.36. The largest absolute Gasteiger partial charge is 0.490 e. The zero-order valence-electron chi connectivity index (χ0n) is 22.1. The van der Waals surface area contributed by atoms with Crippen molar-refractivity contribution in [2.24, 2.45) is 0 Å². The van der Waals surface area contributed by atoms with Gasteiger partial charge in [0.25, 0.3) is 0 Å². The molecule has 1 unspecified atom stereocenters. The topological polar surface area (TPSA) is 77.8 Å². The Balaban J connectivity index is 1.44. The fraction of sp³-hybridized carbons (Fsp3) is 0.312. The summed E-state index contributed by atoms with van der Waals surface area (Å²) in [6, 6.07) is 24.2. The highest BCUT2D eigenvalue weighted by Crippen LogP contribution is 2.25. The summed E-state index contributed by atoms with van der Waals surface area (Å²) in [4.78, 5) is 25.4. The van der Waals surface area contributed by atoms with Crippen molar-refractivity contribution in [1.82, 2.24) is 5.32 Å². The van der Waals surface area contributed by atoms with Crippen LogP contribution in [0.2, 0.25) is 0 Å². The van der Waals surface area contributed by atoms with Gasteiger partial charge in [-0.05, 0) is 42.6 Å². The third-order valence-electron chi connectivity index (χ3n) is 6.17. The minimum Gasteiger partial charge on any atom is -0.490 e. The van der Waals surface area contributed by atoms with Gasteiger partial charge in [-0.25, -0.2) is 0 Å². The van der Waals surface area contributed by atoms with Crippen LogP contribution in [0, 0.1) is 0 Å². The van der Waals surface area contributed by atoms with E-state index in [0.29, 0.717) is 29.0 Å². The van der Waals surface area contributed by atoms with Gasteiger partial charge in [-0.3, -0.25) is 9.59 Å². The molecule has 0 fully saturated rings. The summed E-state index contributed by atoms with van der Waals surface area (Å²) in [7, 11) is 0. The van der Waals surface area contributed by atoms with Gasteiger partial charge in [-0.1, -0.05) is 74.9 Å². The van der Waals surface area contributed by atoms with E-state index in [9.17, 15) is 9.59 Å². The molecule has 0 radical (unpaired) electrons. The zero-order valence-corrected chi connectivity index (χ0v) is 22.1. The molecule has 0 aliphatic heterocycles. The molecule has 6 nitrogen and oxygen atoms in total. The van der Waals surface area contributed by atoms with Crippen molar-refractivity contribution in [3.05, 3.63) is 100 Å². The first-order valence-corrected chi connectivity index (χ1v) is 13.3. The molecule has 3 aromatic carbocycles. The molecule has 198 valence electrons. The predicted octanol–water partition coefficient (Wildman–Crippen LogP) is 5.95. The number of aryl methyl sites for hydroxylation is 1. The van der Waals surface area contributed by atoms with Crippen LogP contribution in [0.5, 0.6) is 5.75 Å². The van der Waals surface area contributed by atoms with Crippen LogP contribution in [-0.2, 0) is 22.4 Å². The fourth-order valence-electron chi connectivity index (χ4n) is 4.31. The van der Waals surface area contributed by atoms with Gasteiger partial charge >= 0.3 is 5.97 Å². The first kappa shape index (κ1) is 27.1. The molecule has 1 N–H and O–H groups in total. The Kier molecular flexibility index (Phi) is 9.71. The highest BCUT2D eigenvalue weighted by molar-refractivity contribution is 5.80. The molecule has 0 spiro atoms. The number of hydrogen-bond donors (Lipinski definition) is 1. The van der Waals surface area contributed by atoms with Gasteiger partial charge in [0.1, 0.15) is 29.8 Å². The van der Waals surface area contributed by atoms with E-state index in [1.54, 1.807) is 18.2 Å². The maximum Gasteiger partial charge on any atom is 0.310 e. The van der Waals surface area contributed by atoms with Crippen LogP contribution in [0.15, 0.2) is 88.1 Å². The van der Waals surface area contributed by atoms with Crippen LogP contribution < -0.4 is 15.5 Å². The van der Waals surface area contributed by atoms with Gasteiger partial charge in [0, 0.05) is 24.2 Å². The third-order valence-corrected chi connectivity index (χ3v) is 6.17. The number of carbonyl (C=O) groups excluding carboxylic acids is 1. The molecule has 4 aromatic rings.